The van der Waals surface area contributed by atoms with Gasteiger partial charge < -0.3 is 39.4 Å². The number of carbonyl (C=O) groups excluding carboxylic acids is 4. The number of hydrogen-bond donors (Lipinski definition) is 4. The van der Waals surface area contributed by atoms with Crippen LogP contribution in [0.25, 0.3) is 33.4 Å². The third kappa shape index (κ3) is 14.5. The van der Waals surface area contributed by atoms with Gasteiger partial charge >= 0.3 is 23.9 Å². The third-order valence-electron chi connectivity index (χ3n) is 21.0. The van der Waals surface area contributed by atoms with Gasteiger partial charge in [0, 0.05) is 60.9 Å². The second-order valence-corrected chi connectivity index (χ2v) is 27.0. The predicted octanol–water partition coefficient (Wildman–Crippen LogP) is 15.8. The molecule has 4 N–H and O–H groups in total. The van der Waals surface area contributed by atoms with Crippen molar-refractivity contribution in [3.63, 3.8) is 0 Å². The van der Waals surface area contributed by atoms with Crippen molar-refractivity contribution in [2.24, 2.45) is 11.8 Å². The maximum atomic E-state index is 13.8. The number of rotatable bonds is 32. The first-order valence-electron chi connectivity index (χ1n) is 35.2. The summed E-state index contributed by atoms with van der Waals surface area (Å²) in [6.07, 6.45) is 21.7. The summed E-state index contributed by atoms with van der Waals surface area (Å²) < 4.78 is 22.9. The van der Waals surface area contributed by atoms with E-state index in [1.54, 1.807) is 0 Å². The van der Waals surface area contributed by atoms with E-state index in [1.165, 1.54) is 72.4 Å². The van der Waals surface area contributed by atoms with E-state index >= 15 is 0 Å². The summed E-state index contributed by atoms with van der Waals surface area (Å²) in [4.78, 5) is 54.1. The zero-order valence-corrected chi connectivity index (χ0v) is 56.8. The lowest BCUT2D eigenvalue weighted by atomic mass is 9.51. The summed E-state index contributed by atoms with van der Waals surface area (Å²) >= 11 is 0. The SMILES string of the molecule is C/C=C\C=C1/CC(CC(C)C(=O)OCCCCO)(C2(CC(C)C(=O)OCCCCO)c3ccccc3-c3ccc(C)cc32)c2ccccc21.O=C(CCC1(CC2(CCC(=O)OCCCCO)c3ccccc3-c3ccccc32)C2=C(C=CCC2)c2ccccc21)OCCCCO. The zero-order chi connectivity index (χ0) is 67.7. The minimum atomic E-state index is -0.693. The van der Waals surface area contributed by atoms with Crippen LogP contribution in [0.2, 0.25) is 0 Å². The van der Waals surface area contributed by atoms with E-state index in [0.717, 1.165) is 29.5 Å². The van der Waals surface area contributed by atoms with Crippen LogP contribution < -0.4 is 0 Å². The number of esters is 4. The molecule has 5 atom stereocenters. The van der Waals surface area contributed by atoms with Crippen molar-refractivity contribution in [3.8, 4) is 22.3 Å². The second-order valence-electron chi connectivity index (χ2n) is 27.0. The van der Waals surface area contributed by atoms with Gasteiger partial charge in [-0.05, 0) is 194 Å². The van der Waals surface area contributed by atoms with Gasteiger partial charge in [-0.25, -0.2) is 0 Å². The number of hydrogen-bond acceptors (Lipinski definition) is 12. The molecule has 5 aliphatic rings. The van der Waals surface area contributed by atoms with Crippen LogP contribution in [0, 0.1) is 18.8 Å². The van der Waals surface area contributed by atoms with Crippen LogP contribution in [0.3, 0.4) is 0 Å². The molecule has 0 spiro atoms. The molecule has 0 bridgehead atoms. The van der Waals surface area contributed by atoms with E-state index in [1.807, 2.05) is 26.8 Å². The summed E-state index contributed by atoms with van der Waals surface area (Å²) in [5.41, 5.74) is 17.0. The number of ether oxygens (including phenoxy) is 4. The van der Waals surface area contributed by atoms with Crippen LogP contribution in [0.15, 0.2) is 175 Å². The summed E-state index contributed by atoms with van der Waals surface area (Å²) in [6, 6.07) is 49.7. The molecule has 96 heavy (non-hydrogen) atoms. The standard InChI is InChI=1S/C43H52O6.C41H46O6/c1-5-6-15-33-29-42(37-18-9-7-16-34(33)37,27-31(3)40(46)48-24-13-11-22-44)43(28-32(4)41(47)49-25-14-12-23-45)38-19-10-8-17-35(38)36-21-20-30(2)26-39(36)43;42-25-9-11-27-46-38(44)21-23-40(34-17-5-1-13-30(34)31-14-2-6-18-35(31)40)29-41(24-22-39(45)47-28-12-10-26-43)36-19-7-3-15-32(36)33-16-4-8-20-37(33)41/h5-10,15-21,26,31-32,44-45H,11-14,22-25,27-29H2,1-4H3;1-7,13-19,42-43H,8-12,20-29H2/b6-5-,33-15+;. The van der Waals surface area contributed by atoms with Crippen molar-refractivity contribution in [1.82, 2.24) is 0 Å². The van der Waals surface area contributed by atoms with Crippen molar-refractivity contribution in [1.29, 1.82) is 0 Å². The van der Waals surface area contributed by atoms with Gasteiger partial charge in [-0.1, -0.05) is 195 Å². The number of carbonyl (C=O) groups is 4. The summed E-state index contributed by atoms with van der Waals surface area (Å²) in [5, 5.41) is 36.9. The number of aryl methyl sites for hydroxylation is 1. The van der Waals surface area contributed by atoms with Gasteiger partial charge in [-0.2, -0.15) is 0 Å². The van der Waals surface area contributed by atoms with Crippen LogP contribution in [0.5, 0.6) is 0 Å². The first kappa shape index (κ1) is 70.8. The Balaban J connectivity index is 0.000000209. The molecule has 6 aromatic carbocycles. The Labute approximate surface area is 568 Å². The quantitative estimate of drug-likeness (QED) is 0.0178. The molecule has 5 aliphatic carbocycles. The fourth-order valence-corrected chi connectivity index (χ4v) is 16.8. The normalized spacial score (nSPS) is 19.9. The van der Waals surface area contributed by atoms with Gasteiger partial charge in [0.1, 0.15) is 0 Å². The number of aliphatic hydroxyl groups excluding tert-OH is 4. The molecule has 12 heteroatoms. The lowest BCUT2D eigenvalue weighted by Gasteiger charge is -2.51. The third-order valence-corrected chi connectivity index (χ3v) is 21.0. The monoisotopic (exact) mass is 1300 g/mol. The van der Waals surface area contributed by atoms with Crippen LogP contribution in [0.4, 0.5) is 0 Å². The van der Waals surface area contributed by atoms with Gasteiger partial charge in [0.2, 0.25) is 0 Å². The Hall–Kier alpha value is -8.00. The lowest BCUT2D eigenvalue weighted by molar-refractivity contribution is -0.150. The predicted molar refractivity (Wildman–Crippen MR) is 379 cm³/mol. The molecule has 0 amide bonds. The summed E-state index contributed by atoms with van der Waals surface area (Å²) in [7, 11) is 0. The van der Waals surface area contributed by atoms with Crippen LogP contribution >= 0.6 is 0 Å². The van der Waals surface area contributed by atoms with E-state index < -0.39 is 33.5 Å². The summed E-state index contributed by atoms with van der Waals surface area (Å²) in [5.74, 6) is -1.84. The average molecular weight is 1300 g/mol. The van der Waals surface area contributed by atoms with Crippen molar-refractivity contribution in [2.45, 2.75) is 165 Å². The number of unbranched alkanes of at least 4 members (excludes halogenated alkanes) is 4. The van der Waals surface area contributed by atoms with Gasteiger partial charge in [0.05, 0.1) is 38.3 Å². The highest BCUT2D eigenvalue weighted by Gasteiger charge is 2.62. The van der Waals surface area contributed by atoms with Gasteiger partial charge in [-0.3, -0.25) is 19.2 Å². The molecule has 0 heterocycles. The van der Waals surface area contributed by atoms with Crippen LogP contribution in [-0.2, 0) is 59.8 Å². The Bertz CT molecular complexity index is 3790. The van der Waals surface area contributed by atoms with Crippen molar-refractivity contribution < 1.29 is 58.6 Å². The maximum Gasteiger partial charge on any atom is 0.308 e. The molecule has 12 nitrogen and oxygen atoms in total. The smallest absolute Gasteiger partial charge is 0.308 e. The number of allylic oxidation sites excluding steroid dienone is 8. The van der Waals surface area contributed by atoms with E-state index in [2.05, 4.69) is 171 Å². The Morgan fingerprint density at radius 3 is 1.49 bits per heavy atom. The zero-order valence-electron chi connectivity index (χ0n) is 56.8. The Morgan fingerprint density at radius 2 is 0.948 bits per heavy atom. The minimum absolute atomic E-state index is 0.0657. The number of benzene rings is 6. The first-order chi connectivity index (χ1) is 46.8. The molecular formula is C84H98O12. The van der Waals surface area contributed by atoms with Crippen LogP contribution in [0.1, 0.15) is 186 Å². The van der Waals surface area contributed by atoms with E-state index in [4.69, 9.17) is 29.2 Å². The molecule has 11 rings (SSSR count). The molecule has 0 saturated heterocycles. The molecule has 0 aromatic heterocycles. The van der Waals surface area contributed by atoms with Gasteiger partial charge in [0.25, 0.3) is 0 Å². The molecule has 0 radical (unpaired) electrons. The van der Waals surface area contributed by atoms with E-state index in [9.17, 15) is 29.4 Å². The number of aliphatic hydroxyl groups is 4. The molecule has 0 saturated carbocycles. The average Bonchev–Trinajstić information content (AvgIpc) is 1.51. The molecule has 0 aliphatic heterocycles. The Kier molecular flexibility index (Phi) is 24.2. The van der Waals surface area contributed by atoms with E-state index in [0.29, 0.717) is 103 Å². The second kappa shape index (κ2) is 32.8. The minimum Gasteiger partial charge on any atom is -0.466 e. The molecule has 5 unspecified atom stereocenters. The highest BCUT2D eigenvalue weighted by Crippen LogP contribution is 2.68. The molecule has 6 aromatic rings. The first-order valence-corrected chi connectivity index (χ1v) is 35.2. The van der Waals surface area contributed by atoms with Gasteiger partial charge in [-0.15, -0.1) is 0 Å². The topological polar surface area (TPSA) is 186 Å². The van der Waals surface area contributed by atoms with Crippen LogP contribution in [-0.4, -0.2) is 97.2 Å². The van der Waals surface area contributed by atoms with Gasteiger partial charge in [0.15, 0.2) is 0 Å². The fraction of sp³-hybridized carbons (Fsp3) is 0.429. The molecular weight excluding hydrogens is 1200 g/mol. The van der Waals surface area contributed by atoms with Crippen molar-refractivity contribution in [2.75, 3.05) is 52.9 Å². The lowest BCUT2D eigenvalue weighted by Crippen LogP contribution is -2.51. The van der Waals surface area contributed by atoms with Crippen molar-refractivity contribution in [3.05, 3.63) is 226 Å². The molecule has 506 valence electrons. The van der Waals surface area contributed by atoms with Crippen molar-refractivity contribution >= 4 is 35.0 Å². The number of fused-ring (bicyclic) bond motifs is 9. The fourth-order valence-electron chi connectivity index (χ4n) is 16.8. The highest BCUT2D eigenvalue weighted by atomic mass is 16.5. The van der Waals surface area contributed by atoms with E-state index in [-0.39, 0.29) is 76.4 Å². The molecule has 0 fully saturated rings. The summed E-state index contributed by atoms with van der Waals surface area (Å²) in [6.45, 7) is 9.53. The largest absolute Gasteiger partial charge is 0.466 e. The Morgan fingerprint density at radius 1 is 0.500 bits per heavy atom. The maximum absolute atomic E-state index is 13.8. The highest BCUT2D eigenvalue weighted by molar-refractivity contribution is 5.90.